The van der Waals surface area contributed by atoms with E-state index in [1.54, 1.807) is 0 Å². The molecule has 0 bridgehead atoms. The summed E-state index contributed by atoms with van der Waals surface area (Å²) in [5.74, 6) is -0.727. The molecular formula is C13H24N2O3. The van der Waals surface area contributed by atoms with Gasteiger partial charge in [0.05, 0.1) is 0 Å². The lowest BCUT2D eigenvalue weighted by atomic mass is 9.93. The second kappa shape index (κ2) is 7.36. The van der Waals surface area contributed by atoms with Crippen molar-refractivity contribution in [2.24, 2.45) is 11.8 Å². The zero-order chi connectivity index (χ0) is 13.5. The van der Waals surface area contributed by atoms with E-state index >= 15 is 0 Å². The molecule has 0 aliphatic carbocycles. The van der Waals surface area contributed by atoms with Gasteiger partial charge in [-0.3, -0.25) is 4.79 Å². The van der Waals surface area contributed by atoms with E-state index in [1.807, 2.05) is 13.8 Å². The van der Waals surface area contributed by atoms with Crippen LogP contribution >= 0.6 is 0 Å². The first kappa shape index (κ1) is 15.0. The minimum absolute atomic E-state index is 0.0422. The van der Waals surface area contributed by atoms with Crippen molar-refractivity contribution < 1.29 is 14.7 Å². The molecule has 1 fully saturated rings. The Morgan fingerprint density at radius 2 is 2.00 bits per heavy atom. The number of hydrogen-bond donors (Lipinski definition) is 3. The topological polar surface area (TPSA) is 78.4 Å². The SMILES string of the molecule is CCC(C)C(NC(=O)CC1CCNCC1)C(=O)O. The van der Waals surface area contributed by atoms with E-state index < -0.39 is 12.0 Å². The molecule has 1 aliphatic rings. The first-order valence-corrected chi connectivity index (χ1v) is 6.77. The van der Waals surface area contributed by atoms with E-state index in [9.17, 15) is 9.59 Å². The summed E-state index contributed by atoms with van der Waals surface area (Å²) in [6.07, 6.45) is 3.18. The largest absolute Gasteiger partial charge is 0.480 e. The first-order valence-electron chi connectivity index (χ1n) is 6.77. The number of rotatable bonds is 6. The van der Waals surface area contributed by atoms with Crippen LogP contribution in [0.1, 0.15) is 39.5 Å². The van der Waals surface area contributed by atoms with E-state index in [0.717, 1.165) is 32.4 Å². The van der Waals surface area contributed by atoms with Gasteiger partial charge < -0.3 is 15.7 Å². The Hall–Kier alpha value is -1.10. The van der Waals surface area contributed by atoms with E-state index in [1.165, 1.54) is 0 Å². The van der Waals surface area contributed by atoms with Crippen LogP contribution in [0.2, 0.25) is 0 Å². The molecule has 1 heterocycles. The second-order valence-corrected chi connectivity index (χ2v) is 5.17. The minimum atomic E-state index is -0.942. The summed E-state index contributed by atoms with van der Waals surface area (Å²) >= 11 is 0. The van der Waals surface area contributed by atoms with Crippen LogP contribution in [-0.4, -0.2) is 36.1 Å². The Bertz CT molecular complexity index is 288. The highest BCUT2D eigenvalue weighted by atomic mass is 16.4. The molecule has 1 saturated heterocycles. The van der Waals surface area contributed by atoms with Crippen LogP contribution in [0, 0.1) is 11.8 Å². The smallest absolute Gasteiger partial charge is 0.326 e. The number of amides is 1. The minimum Gasteiger partial charge on any atom is -0.480 e. The van der Waals surface area contributed by atoms with E-state index in [2.05, 4.69) is 10.6 Å². The van der Waals surface area contributed by atoms with Crippen LogP contribution in [0.3, 0.4) is 0 Å². The van der Waals surface area contributed by atoms with Gasteiger partial charge in [0.15, 0.2) is 0 Å². The van der Waals surface area contributed by atoms with Gasteiger partial charge in [-0.15, -0.1) is 0 Å². The van der Waals surface area contributed by atoms with Crippen molar-refractivity contribution in [1.82, 2.24) is 10.6 Å². The summed E-state index contributed by atoms with van der Waals surface area (Å²) in [6.45, 7) is 5.68. The van der Waals surface area contributed by atoms with Crippen LogP contribution in [0.4, 0.5) is 0 Å². The lowest BCUT2D eigenvalue weighted by Crippen LogP contribution is -2.45. The van der Waals surface area contributed by atoms with Gasteiger partial charge in [0.1, 0.15) is 6.04 Å². The fourth-order valence-electron chi connectivity index (χ4n) is 2.26. The Morgan fingerprint density at radius 1 is 1.39 bits per heavy atom. The van der Waals surface area contributed by atoms with Crippen LogP contribution in [0.15, 0.2) is 0 Å². The van der Waals surface area contributed by atoms with Gasteiger partial charge in [0.25, 0.3) is 0 Å². The average Bonchev–Trinajstić information content (AvgIpc) is 2.36. The standard InChI is InChI=1S/C13H24N2O3/c1-3-9(2)12(13(17)18)15-11(16)8-10-4-6-14-7-5-10/h9-10,12,14H,3-8H2,1-2H3,(H,15,16)(H,17,18). The first-order chi connectivity index (χ1) is 8.54. The molecule has 18 heavy (non-hydrogen) atoms. The molecule has 1 aliphatic heterocycles. The number of aliphatic carboxylic acids is 1. The molecule has 0 radical (unpaired) electrons. The number of carbonyl (C=O) groups is 2. The normalized spacial score (nSPS) is 20.1. The third-order valence-corrected chi connectivity index (χ3v) is 3.73. The van der Waals surface area contributed by atoms with E-state index in [-0.39, 0.29) is 11.8 Å². The maximum Gasteiger partial charge on any atom is 0.326 e. The molecule has 0 saturated carbocycles. The summed E-state index contributed by atoms with van der Waals surface area (Å²) in [5.41, 5.74) is 0. The Kier molecular flexibility index (Phi) is 6.12. The van der Waals surface area contributed by atoms with Gasteiger partial charge in [-0.2, -0.15) is 0 Å². The van der Waals surface area contributed by atoms with Crippen LogP contribution in [0.5, 0.6) is 0 Å². The molecule has 1 rings (SSSR count). The van der Waals surface area contributed by atoms with Crippen molar-refractivity contribution in [3.63, 3.8) is 0 Å². The van der Waals surface area contributed by atoms with Crippen molar-refractivity contribution in [3.05, 3.63) is 0 Å². The number of piperidine rings is 1. The molecule has 5 nitrogen and oxygen atoms in total. The molecule has 0 aromatic carbocycles. The summed E-state index contributed by atoms with van der Waals surface area (Å²) in [4.78, 5) is 23.0. The van der Waals surface area contributed by atoms with Crippen molar-refractivity contribution in [2.75, 3.05) is 13.1 Å². The Labute approximate surface area is 108 Å². The molecule has 0 spiro atoms. The Balaban J connectivity index is 2.42. The van der Waals surface area contributed by atoms with Crippen LogP contribution < -0.4 is 10.6 Å². The molecule has 2 atom stereocenters. The predicted molar refractivity (Wildman–Crippen MR) is 69.2 cm³/mol. The maximum absolute atomic E-state index is 11.9. The summed E-state index contributed by atoms with van der Waals surface area (Å²) in [6, 6.07) is -0.760. The van der Waals surface area contributed by atoms with Gasteiger partial charge in [-0.1, -0.05) is 20.3 Å². The Morgan fingerprint density at radius 3 is 2.50 bits per heavy atom. The summed E-state index contributed by atoms with van der Waals surface area (Å²) in [5, 5.41) is 15.0. The average molecular weight is 256 g/mol. The van der Waals surface area contributed by atoms with Crippen LogP contribution in [0.25, 0.3) is 0 Å². The lowest BCUT2D eigenvalue weighted by Gasteiger charge is -2.24. The number of nitrogens with one attached hydrogen (secondary N) is 2. The van der Waals surface area contributed by atoms with Gasteiger partial charge in [-0.05, 0) is 37.8 Å². The monoisotopic (exact) mass is 256 g/mol. The second-order valence-electron chi connectivity index (χ2n) is 5.17. The fourth-order valence-corrected chi connectivity index (χ4v) is 2.26. The quantitative estimate of drug-likeness (QED) is 0.662. The zero-order valence-corrected chi connectivity index (χ0v) is 11.2. The number of carboxylic acids is 1. The van der Waals surface area contributed by atoms with E-state index in [4.69, 9.17) is 5.11 Å². The molecule has 2 unspecified atom stereocenters. The number of carbonyl (C=O) groups excluding carboxylic acids is 1. The highest BCUT2D eigenvalue weighted by molar-refractivity contribution is 5.83. The molecule has 3 N–H and O–H groups in total. The molecule has 0 aromatic heterocycles. The molecule has 104 valence electrons. The highest BCUT2D eigenvalue weighted by Gasteiger charge is 2.26. The van der Waals surface area contributed by atoms with Gasteiger partial charge >= 0.3 is 5.97 Å². The van der Waals surface area contributed by atoms with Crippen molar-refractivity contribution in [3.8, 4) is 0 Å². The van der Waals surface area contributed by atoms with Crippen molar-refractivity contribution in [1.29, 1.82) is 0 Å². The molecule has 0 aromatic rings. The van der Waals surface area contributed by atoms with Crippen LogP contribution in [-0.2, 0) is 9.59 Å². The third kappa shape index (κ3) is 4.64. The number of hydrogen-bond acceptors (Lipinski definition) is 3. The zero-order valence-electron chi connectivity index (χ0n) is 11.2. The predicted octanol–water partition coefficient (Wildman–Crippen LogP) is 0.992. The van der Waals surface area contributed by atoms with Crippen molar-refractivity contribution in [2.45, 2.75) is 45.6 Å². The van der Waals surface area contributed by atoms with Crippen molar-refractivity contribution >= 4 is 11.9 Å². The van der Waals surface area contributed by atoms with E-state index in [0.29, 0.717) is 12.3 Å². The van der Waals surface area contributed by atoms with Gasteiger partial charge in [0.2, 0.25) is 5.91 Å². The fraction of sp³-hybridized carbons (Fsp3) is 0.846. The third-order valence-electron chi connectivity index (χ3n) is 3.73. The number of carboxylic acid groups (broad SMARTS) is 1. The summed E-state index contributed by atoms with van der Waals surface area (Å²) < 4.78 is 0. The summed E-state index contributed by atoms with van der Waals surface area (Å²) in [7, 11) is 0. The molecule has 5 heteroatoms. The van der Waals surface area contributed by atoms with Gasteiger partial charge in [-0.25, -0.2) is 4.79 Å². The molecule has 1 amide bonds. The highest BCUT2D eigenvalue weighted by Crippen LogP contribution is 2.16. The lowest BCUT2D eigenvalue weighted by molar-refractivity contribution is -0.143. The maximum atomic E-state index is 11.9. The van der Waals surface area contributed by atoms with Gasteiger partial charge in [0, 0.05) is 6.42 Å². The molecular weight excluding hydrogens is 232 g/mol.